The summed E-state index contributed by atoms with van der Waals surface area (Å²) in [6.07, 6.45) is 2.45. The van der Waals surface area contributed by atoms with Crippen molar-refractivity contribution in [3.63, 3.8) is 0 Å². The van der Waals surface area contributed by atoms with Gasteiger partial charge in [-0.3, -0.25) is 4.79 Å². The van der Waals surface area contributed by atoms with E-state index in [0.29, 0.717) is 30.6 Å². The Labute approximate surface area is 127 Å². The van der Waals surface area contributed by atoms with Crippen LogP contribution in [0.4, 0.5) is 0 Å². The summed E-state index contributed by atoms with van der Waals surface area (Å²) in [5, 5.41) is 8.74. The smallest absolute Gasteiger partial charge is 0.308 e. The van der Waals surface area contributed by atoms with Gasteiger partial charge in [0.15, 0.2) is 0 Å². The lowest BCUT2D eigenvalue weighted by Crippen LogP contribution is -2.38. The van der Waals surface area contributed by atoms with E-state index in [1.54, 1.807) is 0 Å². The molecule has 0 spiro atoms. The van der Waals surface area contributed by atoms with Crippen LogP contribution in [0.2, 0.25) is 0 Å². The van der Waals surface area contributed by atoms with Crippen molar-refractivity contribution < 1.29 is 17.9 Å². The minimum atomic E-state index is -3.59. The molecule has 1 N–H and O–H groups in total. The SMILES string of the molecule is COC(=O)C1CCC(NS(=O)(=O)c2ccc(C#N)s2)CC1. The van der Waals surface area contributed by atoms with Crippen LogP contribution in [0.3, 0.4) is 0 Å². The molecular weight excluding hydrogens is 312 g/mol. The van der Waals surface area contributed by atoms with E-state index in [1.807, 2.05) is 6.07 Å². The van der Waals surface area contributed by atoms with Crippen LogP contribution in [0.5, 0.6) is 0 Å². The van der Waals surface area contributed by atoms with Crippen LogP contribution < -0.4 is 4.72 Å². The van der Waals surface area contributed by atoms with Gasteiger partial charge in [-0.2, -0.15) is 5.26 Å². The number of hydrogen-bond acceptors (Lipinski definition) is 6. The third-order valence-electron chi connectivity index (χ3n) is 3.54. The normalized spacial score (nSPS) is 22.5. The molecule has 1 aromatic heterocycles. The van der Waals surface area contributed by atoms with Crippen LogP contribution in [0.1, 0.15) is 30.6 Å². The van der Waals surface area contributed by atoms with Gasteiger partial charge in [0.25, 0.3) is 0 Å². The summed E-state index contributed by atoms with van der Waals surface area (Å²) in [5.74, 6) is -0.365. The molecule has 1 aliphatic carbocycles. The molecule has 2 rings (SSSR count). The summed E-state index contributed by atoms with van der Waals surface area (Å²) in [5.41, 5.74) is 0. The van der Waals surface area contributed by atoms with Crippen molar-refractivity contribution in [3.05, 3.63) is 17.0 Å². The lowest BCUT2D eigenvalue weighted by Gasteiger charge is -2.27. The first kappa shape index (κ1) is 15.9. The number of ether oxygens (including phenoxy) is 1. The minimum Gasteiger partial charge on any atom is -0.469 e. The largest absolute Gasteiger partial charge is 0.469 e. The number of hydrogen-bond donors (Lipinski definition) is 1. The molecule has 0 radical (unpaired) electrons. The van der Waals surface area contributed by atoms with Crippen LogP contribution >= 0.6 is 11.3 Å². The summed E-state index contributed by atoms with van der Waals surface area (Å²) in [6.45, 7) is 0. The topological polar surface area (TPSA) is 96.3 Å². The molecule has 1 saturated carbocycles. The maximum absolute atomic E-state index is 12.2. The number of esters is 1. The first-order valence-corrected chi connectivity index (χ1v) is 8.86. The van der Waals surface area contributed by atoms with E-state index in [0.717, 1.165) is 11.3 Å². The van der Waals surface area contributed by atoms with E-state index in [4.69, 9.17) is 10.00 Å². The number of carbonyl (C=O) groups excluding carboxylic acids is 1. The molecule has 21 heavy (non-hydrogen) atoms. The van der Waals surface area contributed by atoms with E-state index in [-0.39, 0.29) is 22.1 Å². The number of nitrogens with one attached hydrogen (secondary N) is 1. The fraction of sp³-hybridized carbons (Fsp3) is 0.538. The second-order valence-corrected chi connectivity index (χ2v) is 7.95. The van der Waals surface area contributed by atoms with E-state index in [2.05, 4.69) is 4.72 Å². The summed E-state index contributed by atoms with van der Waals surface area (Å²) in [7, 11) is -2.23. The number of carbonyl (C=O) groups is 1. The summed E-state index contributed by atoms with van der Waals surface area (Å²) < 4.78 is 31.9. The Morgan fingerprint density at radius 3 is 2.57 bits per heavy atom. The van der Waals surface area contributed by atoms with Crippen molar-refractivity contribution in [1.29, 1.82) is 5.26 Å². The Kier molecular flexibility index (Phi) is 4.98. The van der Waals surface area contributed by atoms with Crippen LogP contribution in [0.15, 0.2) is 16.3 Å². The van der Waals surface area contributed by atoms with Crippen molar-refractivity contribution in [3.8, 4) is 6.07 Å². The Morgan fingerprint density at radius 1 is 1.38 bits per heavy atom. The van der Waals surface area contributed by atoms with Gasteiger partial charge in [-0.25, -0.2) is 13.1 Å². The van der Waals surface area contributed by atoms with E-state index < -0.39 is 10.0 Å². The molecule has 0 unspecified atom stereocenters. The van der Waals surface area contributed by atoms with Crippen LogP contribution in [0, 0.1) is 17.2 Å². The van der Waals surface area contributed by atoms with Crippen molar-refractivity contribution >= 4 is 27.3 Å². The van der Waals surface area contributed by atoms with Gasteiger partial charge in [-0.1, -0.05) is 0 Å². The first-order chi connectivity index (χ1) is 9.96. The van der Waals surface area contributed by atoms with E-state index in [1.165, 1.54) is 19.2 Å². The van der Waals surface area contributed by atoms with Crippen LogP contribution in [-0.2, 0) is 19.6 Å². The van der Waals surface area contributed by atoms with Gasteiger partial charge in [-0.15, -0.1) is 11.3 Å². The Balaban J connectivity index is 1.96. The third-order valence-corrected chi connectivity index (χ3v) is 6.54. The number of nitrogens with zero attached hydrogens (tertiary/aromatic N) is 1. The van der Waals surface area contributed by atoms with Gasteiger partial charge >= 0.3 is 5.97 Å². The second-order valence-electron chi connectivity index (χ2n) is 4.92. The molecule has 1 fully saturated rings. The van der Waals surface area contributed by atoms with Crippen LogP contribution in [0.25, 0.3) is 0 Å². The Hall–Kier alpha value is -1.43. The van der Waals surface area contributed by atoms with Gasteiger partial charge in [0.1, 0.15) is 15.2 Å². The lowest BCUT2D eigenvalue weighted by atomic mass is 9.86. The molecule has 1 aromatic rings. The Morgan fingerprint density at radius 2 is 2.05 bits per heavy atom. The molecular formula is C13H16N2O4S2. The quantitative estimate of drug-likeness (QED) is 0.847. The number of methoxy groups -OCH3 is 1. The molecule has 6 nitrogen and oxygen atoms in total. The fourth-order valence-corrected chi connectivity index (χ4v) is 4.84. The van der Waals surface area contributed by atoms with Crippen molar-refractivity contribution in [2.45, 2.75) is 35.9 Å². The van der Waals surface area contributed by atoms with Crippen molar-refractivity contribution in [1.82, 2.24) is 4.72 Å². The molecule has 0 aliphatic heterocycles. The number of nitriles is 1. The van der Waals surface area contributed by atoms with Gasteiger partial charge in [0.05, 0.1) is 13.0 Å². The van der Waals surface area contributed by atoms with Gasteiger partial charge in [0.2, 0.25) is 10.0 Å². The van der Waals surface area contributed by atoms with Gasteiger partial charge < -0.3 is 4.74 Å². The Bertz CT molecular complexity index is 652. The van der Waals surface area contributed by atoms with Crippen molar-refractivity contribution in [2.24, 2.45) is 5.92 Å². The highest BCUT2D eigenvalue weighted by Crippen LogP contribution is 2.27. The predicted octanol–water partition coefficient (Wildman–Crippen LogP) is 1.63. The lowest BCUT2D eigenvalue weighted by molar-refractivity contribution is -0.146. The zero-order chi connectivity index (χ0) is 15.5. The van der Waals surface area contributed by atoms with Gasteiger partial charge in [-0.05, 0) is 37.8 Å². The molecule has 0 aromatic carbocycles. The highest BCUT2D eigenvalue weighted by Gasteiger charge is 2.30. The average molecular weight is 328 g/mol. The molecule has 0 bridgehead atoms. The van der Waals surface area contributed by atoms with E-state index >= 15 is 0 Å². The first-order valence-electron chi connectivity index (χ1n) is 6.56. The minimum absolute atomic E-state index is 0.136. The number of thiophene rings is 1. The molecule has 0 amide bonds. The summed E-state index contributed by atoms with van der Waals surface area (Å²) in [6, 6.07) is 4.68. The third kappa shape index (κ3) is 3.81. The number of sulfonamides is 1. The van der Waals surface area contributed by atoms with Gasteiger partial charge in [0, 0.05) is 6.04 Å². The van der Waals surface area contributed by atoms with Crippen molar-refractivity contribution in [2.75, 3.05) is 7.11 Å². The highest BCUT2D eigenvalue weighted by atomic mass is 32.2. The summed E-state index contributed by atoms with van der Waals surface area (Å²) >= 11 is 0.952. The standard InChI is InChI=1S/C13H16N2O4S2/c1-19-13(16)9-2-4-10(5-3-9)15-21(17,18)12-7-6-11(8-14)20-12/h6-7,9-10,15H,2-5H2,1H3. The molecule has 114 valence electrons. The zero-order valence-electron chi connectivity index (χ0n) is 11.5. The average Bonchev–Trinajstić information content (AvgIpc) is 2.96. The molecule has 1 aliphatic rings. The maximum Gasteiger partial charge on any atom is 0.308 e. The maximum atomic E-state index is 12.2. The molecule has 0 atom stereocenters. The van der Waals surface area contributed by atoms with Crippen LogP contribution in [-0.4, -0.2) is 27.5 Å². The molecule has 1 heterocycles. The van der Waals surface area contributed by atoms with E-state index in [9.17, 15) is 13.2 Å². The number of rotatable bonds is 4. The highest BCUT2D eigenvalue weighted by molar-refractivity contribution is 7.91. The monoisotopic (exact) mass is 328 g/mol. The molecule has 8 heteroatoms. The second kappa shape index (κ2) is 6.56. The predicted molar refractivity (Wildman–Crippen MR) is 77.1 cm³/mol. The summed E-state index contributed by atoms with van der Waals surface area (Å²) in [4.78, 5) is 11.8. The fourth-order valence-electron chi connectivity index (χ4n) is 2.42. The zero-order valence-corrected chi connectivity index (χ0v) is 13.2. The molecule has 0 saturated heterocycles.